The van der Waals surface area contributed by atoms with Crippen molar-refractivity contribution in [3.05, 3.63) is 30.3 Å². The quantitative estimate of drug-likeness (QED) is 0.688. The summed E-state index contributed by atoms with van der Waals surface area (Å²) >= 11 is 3.37. The molecule has 0 saturated carbocycles. The maximum Gasteiger partial charge on any atom is 0.220 e. The van der Waals surface area contributed by atoms with Crippen molar-refractivity contribution < 1.29 is 9.90 Å². The van der Waals surface area contributed by atoms with Crippen molar-refractivity contribution in [1.29, 1.82) is 0 Å². The molecule has 1 amide bonds. The number of carbonyl (C=O) groups is 1. The lowest BCUT2D eigenvalue weighted by molar-refractivity contribution is -0.121. The average molecular weight is 313 g/mol. The summed E-state index contributed by atoms with van der Waals surface area (Å²) in [6, 6.07) is 10.0. The van der Waals surface area contributed by atoms with E-state index in [1.54, 1.807) is 30.4 Å². The zero-order valence-corrected chi connectivity index (χ0v) is 13.7. The summed E-state index contributed by atoms with van der Waals surface area (Å²) in [5.74, 6) is 1.65. The van der Waals surface area contributed by atoms with Crippen molar-refractivity contribution in [2.45, 2.75) is 30.3 Å². The van der Waals surface area contributed by atoms with Crippen molar-refractivity contribution >= 4 is 29.4 Å². The lowest BCUT2D eigenvalue weighted by atomic mass is 10.0. The van der Waals surface area contributed by atoms with Crippen molar-refractivity contribution in [3.8, 4) is 0 Å². The monoisotopic (exact) mass is 313 g/mol. The molecule has 0 saturated heterocycles. The van der Waals surface area contributed by atoms with E-state index < -0.39 is 5.60 Å². The van der Waals surface area contributed by atoms with Gasteiger partial charge in [-0.25, -0.2) is 0 Å². The highest BCUT2D eigenvalue weighted by atomic mass is 32.2. The van der Waals surface area contributed by atoms with Gasteiger partial charge in [0.2, 0.25) is 5.91 Å². The molecule has 1 atom stereocenters. The second kappa shape index (κ2) is 9.32. The van der Waals surface area contributed by atoms with Crippen LogP contribution in [0.25, 0.3) is 0 Å². The maximum atomic E-state index is 11.7. The number of benzene rings is 1. The van der Waals surface area contributed by atoms with Gasteiger partial charge in [-0.1, -0.05) is 18.2 Å². The number of hydrogen-bond donors (Lipinski definition) is 2. The Morgan fingerprint density at radius 2 is 2.00 bits per heavy atom. The first kappa shape index (κ1) is 17.4. The SMILES string of the molecule is CSCC[C@@](C)(O)CNC(=O)CCSc1ccccc1. The molecule has 0 unspecified atom stereocenters. The maximum absolute atomic E-state index is 11.7. The summed E-state index contributed by atoms with van der Waals surface area (Å²) in [4.78, 5) is 12.9. The van der Waals surface area contributed by atoms with Crippen LogP contribution in [0.5, 0.6) is 0 Å². The summed E-state index contributed by atoms with van der Waals surface area (Å²) < 4.78 is 0. The van der Waals surface area contributed by atoms with Gasteiger partial charge in [-0.05, 0) is 37.5 Å². The van der Waals surface area contributed by atoms with Crippen LogP contribution >= 0.6 is 23.5 Å². The van der Waals surface area contributed by atoms with Gasteiger partial charge in [0.15, 0.2) is 0 Å². The van der Waals surface area contributed by atoms with Crippen LogP contribution in [0.3, 0.4) is 0 Å². The van der Waals surface area contributed by atoms with E-state index >= 15 is 0 Å². The van der Waals surface area contributed by atoms with E-state index in [0.717, 1.165) is 11.5 Å². The minimum atomic E-state index is -0.814. The normalized spacial score (nSPS) is 13.8. The highest BCUT2D eigenvalue weighted by Gasteiger charge is 2.20. The summed E-state index contributed by atoms with van der Waals surface area (Å²) in [7, 11) is 0. The van der Waals surface area contributed by atoms with Crippen LogP contribution in [0.1, 0.15) is 19.8 Å². The van der Waals surface area contributed by atoms with Gasteiger partial charge in [0, 0.05) is 23.6 Å². The van der Waals surface area contributed by atoms with E-state index in [-0.39, 0.29) is 5.91 Å². The van der Waals surface area contributed by atoms with E-state index in [0.29, 0.717) is 19.4 Å². The first-order valence-electron chi connectivity index (χ1n) is 6.69. The Bertz CT molecular complexity index is 396. The highest BCUT2D eigenvalue weighted by molar-refractivity contribution is 7.99. The van der Waals surface area contributed by atoms with Crippen LogP contribution < -0.4 is 5.32 Å². The van der Waals surface area contributed by atoms with Crippen molar-refractivity contribution in [1.82, 2.24) is 5.32 Å². The molecular formula is C15H23NO2S2. The van der Waals surface area contributed by atoms with Gasteiger partial charge in [0.25, 0.3) is 0 Å². The van der Waals surface area contributed by atoms with Crippen molar-refractivity contribution in [3.63, 3.8) is 0 Å². The lowest BCUT2D eigenvalue weighted by Crippen LogP contribution is -2.41. The topological polar surface area (TPSA) is 49.3 Å². The second-order valence-electron chi connectivity index (χ2n) is 4.93. The van der Waals surface area contributed by atoms with Crippen LogP contribution in [-0.2, 0) is 4.79 Å². The molecule has 0 aromatic heterocycles. The third-order valence-corrected chi connectivity index (χ3v) is 4.48. The largest absolute Gasteiger partial charge is 0.388 e. The van der Waals surface area contributed by atoms with Gasteiger partial charge in [-0.3, -0.25) is 4.79 Å². The number of amides is 1. The molecule has 20 heavy (non-hydrogen) atoms. The van der Waals surface area contributed by atoms with Gasteiger partial charge >= 0.3 is 0 Å². The third kappa shape index (κ3) is 7.82. The molecule has 0 bridgehead atoms. The van der Waals surface area contributed by atoms with E-state index in [1.165, 1.54) is 4.90 Å². The fourth-order valence-electron chi connectivity index (χ4n) is 1.57. The molecule has 112 valence electrons. The third-order valence-electron chi connectivity index (χ3n) is 2.85. The molecule has 0 fully saturated rings. The van der Waals surface area contributed by atoms with Crippen molar-refractivity contribution in [2.75, 3.05) is 24.3 Å². The Morgan fingerprint density at radius 1 is 1.30 bits per heavy atom. The van der Waals surface area contributed by atoms with Crippen LogP contribution in [0.15, 0.2) is 35.2 Å². The summed E-state index contributed by atoms with van der Waals surface area (Å²) in [5.41, 5.74) is -0.814. The van der Waals surface area contributed by atoms with Crippen LogP contribution in [0, 0.1) is 0 Å². The summed E-state index contributed by atoms with van der Waals surface area (Å²) in [6.07, 6.45) is 3.17. The Kier molecular flexibility index (Phi) is 8.11. The first-order valence-corrected chi connectivity index (χ1v) is 9.07. The molecule has 3 nitrogen and oxygen atoms in total. The fraction of sp³-hybridized carbons (Fsp3) is 0.533. The van der Waals surface area contributed by atoms with Gasteiger partial charge < -0.3 is 10.4 Å². The molecule has 0 aliphatic carbocycles. The molecule has 0 radical (unpaired) electrons. The lowest BCUT2D eigenvalue weighted by Gasteiger charge is -2.23. The zero-order valence-electron chi connectivity index (χ0n) is 12.1. The molecule has 1 rings (SSSR count). The number of thioether (sulfide) groups is 2. The molecule has 5 heteroatoms. The Hall–Kier alpha value is -0.650. The number of aliphatic hydroxyl groups is 1. The van der Waals surface area contributed by atoms with E-state index in [2.05, 4.69) is 5.32 Å². The number of carbonyl (C=O) groups excluding carboxylic acids is 1. The Labute approximate surface area is 129 Å². The minimum Gasteiger partial charge on any atom is -0.388 e. The fourth-order valence-corrected chi connectivity index (χ4v) is 3.08. The minimum absolute atomic E-state index is 0.00198. The smallest absolute Gasteiger partial charge is 0.220 e. The number of nitrogens with one attached hydrogen (secondary N) is 1. The van der Waals surface area contributed by atoms with Crippen molar-refractivity contribution in [2.24, 2.45) is 0 Å². The van der Waals surface area contributed by atoms with Crippen LogP contribution in [0.4, 0.5) is 0 Å². The predicted molar refractivity (Wildman–Crippen MR) is 88.4 cm³/mol. The van der Waals surface area contributed by atoms with Gasteiger partial charge in [-0.2, -0.15) is 11.8 Å². The Balaban J connectivity index is 2.17. The highest BCUT2D eigenvalue weighted by Crippen LogP contribution is 2.17. The Morgan fingerprint density at radius 3 is 2.65 bits per heavy atom. The predicted octanol–water partition coefficient (Wildman–Crippen LogP) is 2.79. The van der Waals surface area contributed by atoms with E-state index in [1.807, 2.05) is 36.6 Å². The van der Waals surface area contributed by atoms with E-state index in [9.17, 15) is 9.90 Å². The number of hydrogen-bond acceptors (Lipinski definition) is 4. The summed E-state index contributed by atoms with van der Waals surface area (Å²) in [5, 5.41) is 12.9. The molecule has 0 aliphatic rings. The molecule has 0 aliphatic heterocycles. The van der Waals surface area contributed by atoms with E-state index in [4.69, 9.17) is 0 Å². The molecule has 0 spiro atoms. The molecule has 2 N–H and O–H groups in total. The average Bonchev–Trinajstić information content (AvgIpc) is 2.44. The van der Waals surface area contributed by atoms with Gasteiger partial charge in [0.05, 0.1) is 5.60 Å². The van der Waals surface area contributed by atoms with Crippen LogP contribution in [-0.4, -0.2) is 40.9 Å². The molecule has 1 aromatic carbocycles. The number of rotatable bonds is 9. The molecule has 1 aromatic rings. The van der Waals surface area contributed by atoms with Gasteiger partial charge in [0.1, 0.15) is 0 Å². The summed E-state index contributed by atoms with van der Waals surface area (Å²) in [6.45, 7) is 2.09. The van der Waals surface area contributed by atoms with Gasteiger partial charge in [-0.15, -0.1) is 11.8 Å². The molecular weight excluding hydrogens is 290 g/mol. The van der Waals surface area contributed by atoms with Crippen LogP contribution in [0.2, 0.25) is 0 Å². The molecule has 0 heterocycles. The standard InChI is InChI=1S/C15H23NO2S2/c1-15(18,9-11-19-2)12-16-14(17)8-10-20-13-6-4-3-5-7-13/h3-7,18H,8-12H2,1-2H3,(H,16,17)/t15-/m1/s1. The second-order valence-corrected chi connectivity index (χ2v) is 7.08. The first-order chi connectivity index (χ1) is 9.53. The zero-order chi connectivity index (χ0) is 14.8.